The molecule has 2 aliphatic carbocycles. The molecule has 2 saturated carbocycles. The van der Waals surface area contributed by atoms with Gasteiger partial charge in [0.25, 0.3) is 0 Å². The Morgan fingerprint density at radius 2 is 1.85 bits per heavy atom. The first kappa shape index (κ1) is 15.8. The van der Waals surface area contributed by atoms with Crippen molar-refractivity contribution in [2.24, 2.45) is 23.2 Å². The van der Waals surface area contributed by atoms with E-state index in [2.05, 4.69) is 19.2 Å². The lowest BCUT2D eigenvalue weighted by molar-refractivity contribution is -0.127. The predicted molar refractivity (Wildman–Crippen MR) is 81.3 cm³/mol. The van der Waals surface area contributed by atoms with Gasteiger partial charge in [-0.3, -0.25) is 4.79 Å². The van der Waals surface area contributed by atoms with Crippen LogP contribution < -0.4 is 5.32 Å². The highest BCUT2D eigenvalue weighted by molar-refractivity contribution is 5.78. The van der Waals surface area contributed by atoms with Crippen molar-refractivity contribution in [1.29, 1.82) is 0 Å². The lowest BCUT2D eigenvalue weighted by atomic mass is 9.67. The molecule has 0 radical (unpaired) electrons. The normalized spacial score (nSPS) is 30.6. The number of carbonyl (C=O) groups is 1. The van der Waals surface area contributed by atoms with E-state index in [1.807, 2.05) is 0 Å². The van der Waals surface area contributed by atoms with Crippen LogP contribution in [0.1, 0.15) is 65.2 Å². The SMILES string of the molecule is CC(C)(CCO)CNC(=O)C1CCC2CCCCC2C1. The Morgan fingerprint density at radius 3 is 2.55 bits per heavy atom. The molecule has 0 bridgehead atoms. The van der Waals surface area contributed by atoms with Gasteiger partial charge in [-0.1, -0.05) is 39.5 Å². The molecule has 2 fully saturated rings. The molecule has 0 aromatic rings. The van der Waals surface area contributed by atoms with E-state index in [9.17, 15) is 4.79 Å². The molecule has 3 heteroatoms. The summed E-state index contributed by atoms with van der Waals surface area (Å²) in [6, 6.07) is 0. The third kappa shape index (κ3) is 4.21. The van der Waals surface area contributed by atoms with Crippen molar-refractivity contribution < 1.29 is 9.90 Å². The Bertz CT molecular complexity index is 327. The maximum absolute atomic E-state index is 12.3. The summed E-state index contributed by atoms with van der Waals surface area (Å²) in [4.78, 5) is 12.3. The summed E-state index contributed by atoms with van der Waals surface area (Å²) in [7, 11) is 0. The molecule has 2 N–H and O–H groups in total. The molecule has 0 aliphatic heterocycles. The van der Waals surface area contributed by atoms with Crippen molar-refractivity contribution >= 4 is 5.91 Å². The zero-order valence-corrected chi connectivity index (χ0v) is 13.2. The van der Waals surface area contributed by atoms with Crippen LogP contribution in [0.5, 0.6) is 0 Å². The minimum Gasteiger partial charge on any atom is -0.396 e. The molecule has 0 spiro atoms. The van der Waals surface area contributed by atoms with Crippen LogP contribution in [-0.2, 0) is 4.79 Å². The molecular formula is C17H31NO2. The molecule has 2 rings (SSSR count). The molecule has 3 atom stereocenters. The zero-order valence-electron chi connectivity index (χ0n) is 13.2. The molecule has 3 unspecified atom stereocenters. The number of hydrogen-bond donors (Lipinski definition) is 2. The van der Waals surface area contributed by atoms with Gasteiger partial charge in [-0.2, -0.15) is 0 Å². The van der Waals surface area contributed by atoms with E-state index in [-0.39, 0.29) is 23.8 Å². The first-order valence-corrected chi connectivity index (χ1v) is 8.40. The largest absolute Gasteiger partial charge is 0.396 e. The highest BCUT2D eigenvalue weighted by Crippen LogP contribution is 2.42. The Labute approximate surface area is 123 Å². The Morgan fingerprint density at radius 1 is 1.15 bits per heavy atom. The van der Waals surface area contributed by atoms with Crippen molar-refractivity contribution in [3.63, 3.8) is 0 Å². The second-order valence-electron chi connectivity index (χ2n) is 7.67. The van der Waals surface area contributed by atoms with Crippen molar-refractivity contribution in [1.82, 2.24) is 5.32 Å². The van der Waals surface area contributed by atoms with E-state index in [1.165, 1.54) is 32.1 Å². The Balaban J connectivity index is 1.78. The predicted octanol–water partition coefficient (Wildman–Crippen LogP) is 3.12. The van der Waals surface area contributed by atoms with Gasteiger partial charge in [0.15, 0.2) is 0 Å². The molecule has 116 valence electrons. The molecule has 2 aliphatic rings. The monoisotopic (exact) mass is 281 g/mol. The topological polar surface area (TPSA) is 49.3 Å². The highest BCUT2D eigenvalue weighted by Gasteiger charge is 2.35. The van der Waals surface area contributed by atoms with Crippen LogP contribution in [-0.4, -0.2) is 24.2 Å². The van der Waals surface area contributed by atoms with Gasteiger partial charge >= 0.3 is 0 Å². The summed E-state index contributed by atoms with van der Waals surface area (Å²) in [5, 5.41) is 12.2. The lowest BCUT2D eigenvalue weighted by Crippen LogP contribution is -2.41. The molecule has 0 aromatic carbocycles. The fourth-order valence-corrected chi connectivity index (χ4v) is 3.97. The maximum atomic E-state index is 12.3. The summed E-state index contributed by atoms with van der Waals surface area (Å²) >= 11 is 0. The first-order valence-electron chi connectivity index (χ1n) is 8.40. The number of nitrogens with one attached hydrogen (secondary N) is 1. The van der Waals surface area contributed by atoms with Crippen LogP contribution in [0.2, 0.25) is 0 Å². The van der Waals surface area contributed by atoms with Gasteiger partial charge in [0, 0.05) is 19.1 Å². The quantitative estimate of drug-likeness (QED) is 0.813. The Hall–Kier alpha value is -0.570. The zero-order chi connectivity index (χ0) is 14.6. The summed E-state index contributed by atoms with van der Waals surface area (Å²) in [6.07, 6.45) is 9.66. The number of hydrogen-bond acceptors (Lipinski definition) is 2. The highest BCUT2D eigenvalue weighted by atomic mass is 16.3. The van der Waals surface area contributed by atoms with Crippen LogP contribution in [0.25, 0.3) is 0 Å². The number of aliphatic hydroxyl groups is 1. The van der Waals surface area contributed by atoms with Gasteiger partial charge in [-0.15, -0.1) is 0 Å². The molecule has 3 nitrogen and oxygen atoms in total. The van der Waals surface area contributed by atoms with Gasteiger partial charge in [-0.05, 0) is 42.9 Å². The summed E-state index contributed by atoms with van der Waals surface area (Å²) in [5.41, 5.74) is -0.00749. The van der Waals surface area contributed by atoms with E-state index >= 15 is 0 Å². The number of carbonyl (C=O) groups excluding carboxylic acids is 1. The third-order valence-electron chi connectivity index (χ3n) is 5.44. The molecular weight excluding hydrogens is 250 g/mol. The van der Waals surface area contributed by atoms with Crippen molar-refractivity contribution in [3.05, 3.63) is 0 Å². The van der Waals surface area contributed by atoms with Gasteiger partial charge in [0.2, 0.25) is 5.91 Å². The maximum Gasteiger partial charge on any atom is 0.223 e. The minimum atomic E-state index is -0.00749. The van der Waals surface area contributed by atoms with Crippen LogP contribution in [0, 0.1) is 23.2 Å². The average molecular weight is 281 g/mol. The minimum absolute atomic E-state index is 0.00749. The van der Waals surface area contributed by atoms with Gasteiger partial charge in [0.05, 0.1) is 0 Å². The van der Waals surface area contributed by atoms with Crippen LogP contribution in [0.3, 0.4) is 0 Å². The number of fused-ring (bicyclic) bond motifs is 1. The second-order valence-corrected chi connectivity index (χ2v) is 7.67. The van der Waals surface area contributed by atoms with Crippen LogP contribution in [0.4, 0.5) is 0 Å². The van der Waals surface area contributed by atoms with E-state index in [1.54, 1.807) is 0 Å². The molecule has 1 amide bonds. The van der Waals surface area contributed by atoms with Crippen molar-refractivity contribution in [3.8, 4) is 0 Å². The van der Waals surface area contributed by atoms with E-state index < -0.39 is 0 Å². The molecule has 0 aromatic heterocycles. The lowest BCUT2D eigenvalue weighted by Gasteiger charge is -2.39. The van der Waals surface area contributed by atoms with Crippen LogP contribution >= 0.6 is 0 Å². The number of amides is 1. The van der Waals surface area contributed by atoms with Crippen molar-refractivity contribution in [2.45, 2.75) is 65.2 Å². The molecule has 20 heavy (non-hydrogen) atoms. The fraction of sp³-hybridized carbons (Fsp3) is 0.941. The van der Waals surface area contributed by atoms with Gasteiger partial charge < -0.3 is 10.4 Å². The Kier molecular flexibility index (Phi) is 5.48. The van der Waals surface area contributed by atoms with E-state index in [0.717, 1.165) is 31.1 Å². The number of aliphatic hydroxyl groups excluding tert-OH is 1. The van der Waals surface area contributed by atoms with E-state index in [4.69, 9.17) is 5.11 Å². The molecule has 0 heterocycles. The van der Waals surface area contributed by atoms with Crippen LogP contribution in [0.15, 0.2) is 0 Å². The van der Waals surface area contributed by atoms with Crippen molar-refractivity contribution in [2.75, 3.05) is 13.2 Å². The summed E-state index contributed by atoms with van der Waals surface area (Å²) in [5.74, 6) is 2.19. The number of rotatable bonds is 5. The van der Waals surface area contributed by atoms with Gasteiger partial charge in [0.1, 0.15) is 0 Å². The smallest absolute Gasteiger partial charge is 0.223 e. The average Bonchev–Trinajstić information content (AvgIpc) is 2.44. The van der Waals surface area contributed by atoms with Gasteiger partial charge in [-0.25, -0.2) is 0 Å². The summed E-state index contributed by atoms with van der Waals surface area (Å²) in [6.45, 7) is 5.07. The molecule has 0 saturated heterocycles. The standard InChI is InChI=1S/C17H31NO2/c1-17(2,9-10-19)12-18-16(20)15-8-7-13-5-3-4-6-14(13)11-15/h13-15,19H,3-12H2,1-2H3,(H,18,20). The second kappa shape index (κ2) is 6.93. The summed E-state index contributed by atoms with van der Waals surface area (Å²) < 4.78 is 0. The van der Waals surface area contributed by atoms with E-state index in [0.29, 0.717) is 6.54 Å². The fourth-order valence-electron chi connectivity index (χ4n) is 3.97. The third-order valence-corrected chi connectivity index (χ3v) is 5.44. The first-order chi connectivity index (χ1) is 9.52.